The highest BCUT2D eigenvalue weighted by atomic mass is 32.2. The third-order valence-corrected chi connectivity index (χ3v) is 4.48. The third kappa shape index (κ3) is 6.45. The Hall–Kier alpha value is -2.74. The number of methoxy groups -OCH3 is 1. The van der Waals surface area contributed by atoms with Gasteiger partial charge in [-0.15, -0.1) is 0 Å². The molecule has 0 aliphatic heterocycles. The molecule has 0 saturated heterocycles. The molecule has 28 heavy (non-hydrogen) atoms. The Balaban J connectivity index is 2.14. The topological polar surface area (TPSA) is 84.9 Å². The molecule has 0 saturated carbocycles. The van der Waals surface area contributed by atoms with E-state index in [2.05, 4.69) is 5.32 Å². The molecule has 7 nitrogen and oxygen atoms in total. The Kier molecular flexibility index (Phi) is 7.28. The molecule has 0 radical (unpaired) electrons. The number of ether oxygens (including phenoxy) is 1. The van der Waals surface area contributed by atoms with Gasteiger partial charge in [-0.3, -0.25) is 0 Å². The van der Waals surface area contributed by atoms with Crippen molar-refractivity contribution in [1.29, 1.82) is 0 Å². The summed E-state index contributed by atoms with van der Waals surface area (Å²) in [4.78, 5) is 14.3. The van der Waals surface area contributed by atoms with E-state index in [-0.39, 0.29) is 17.8 Å². The van der Waals surface area contributed by atoms with Gasteiger partial charge in [-0.2, -0.15) is 8.42 Å². The van der Waals surface area contributed by atoms with E-state index >= 15 is 0 Å². The second-order valence-electron chi connectivity index (χ2n) is 6.64. The van der Waals surface area contributed by atoms with Crippen molar-refractivity contribution < 1.29 is 22.1 Å². The Morgan fingerprint density at radius 2 is 1.75 bits per heavy atom. The monoisotopic (exact) mass is 406 g/mol. The fourth-order valence-corrected chi connectivity index (χ4v) is 3.06. The standard InChI is InChI=1S/C20H26N2O5S/c1-15(2)22(20(23)21-13-16-8-6-5-7-9-16)14-17-10-11-18(26-3)19(12-17)27-28(4,24)25/h5-12,15H,13-14H2,1-4H3,(H,21,23). The van der Waals surface area contributed by atoms with Crippen molar-refractivity contribution in [1.82, 2.24) is 10.2 Å². The maximum absolute atomic E-state index is 12.7. The first-order chi connectivity index (χ1) is 13.2. The number of benzene rings is 2. The SMILES string of the molecule is COc1ccc(CN(C(=O)NCc2ccccc2)C(C)C)cc1OS(C)(=O)=O. The summed E-state index contributed by atoms with van der Waals surface area (Å²) in [6.45, 7) is 4.55. The molecule has 0 fully saturated rings. The minimum atomic E-state index is -3.70. The van der Waals surface area contributed by atoms with Crippen LogP contribution in [0.3, 0.4) is 0 Å². The largest absolute Gasteiger partial charge is 0.493 e. The lowest BCUT2D eigenvalue weighted by molar-refractivity contribution is 0.179. The second-order valence-corrected chi connectivity index (χ2v) is 8.21. The van der Waals surface area contributed by atoms with Gasteiger partial charge in [0.2, 0.25) is 0 Å². The van der Waals surface area contributed by atoms with Crippen LogP contribution >= 0.6 is 0 Å². The fraction of sp³-hybridized carbons (Fsp3) is 0.350. The number of nitrogens with one attached hydrogen (secondary N) is 1. The molecule has 0 spiro atoms. The van der Waals surface area contributed by atoms with Gasteiger partial charge in [0.1, 0.15) is 0 Å². The summed E-state index contributed by atoms with van der Waals surface area (Å²) in [5.41, 5.74) is 1.73. The third-order valence-electron chi connectivity index (χ3n) is 3.99. The molecule has 2 amide bonds. The summed E-state index contributed by atoms with van der Waals surface area (Å²) in [6, 6.07) is 14.3. The average molecular weight is 407 g/mol. The highest BCUT2D eigenvalue weighted by Gasteiger charge is 2.19. The smallest absolute Gasteiger partial charge is 0.318 e. The van der Waals surface area contributed by atoms with Crippen LogP contribution in [0.2, 0.25) is 0 Å². The maximum Gasteiger partial charge on any atom is 0.318 e. The zero-order valence-corrected chi connectivity index (χ0v) is 17.3. The molecule has 0 aliphatic rings. The molecule has 0 bridgehead atoms. The molecule has 0 heterocycles. The summed E-state index contributed by atoms with van der Waals surface area (Å²) in [7, 11) is -2.27. The van der Waals surface area contributed by atoms with Crippen LogP contribution < -0.4 is 14.2 Å². The van der Waals surface area contributed by atoms with E-state index in [0.717, 1.165) is 17.4 Å². The zero-order chi connectivity index (χ0) is 20.7. The average Bonchev–Trinajstić information content (AvgIpc) is 2.63. The minimum Gasteiger partial charge on any atom is -0.493 e. The predicted molar refractivity (Wildman–Crippen MR) is 108 cm³/mol. The van der Waals surface area contributed by atoms with Crippen LogP contribution in [0, 0.1) is 0 Å². The van der Waals surface area contributed by atoms with Crippen molar-refractivity contribution in [2.75, 3.05) is 13.4 Å². The number of amides is 2. The van der Waals surface area contributed by atoms with Gasteiger partial charge in [0.05, 0.1) is 13.4 Å². The number of carbonyl (C=O) groups excluding carboxylic acids is 1. The molecular formula is C20H26N2O5S. The number of carbonyl (C=O) groups is 1. The van der Waals surface area contributed by atoms with Gasteiger partial charge in [0.15, 0.2) is 11.5 Å². The van der Waals surface area contributed by atoms with Crippen molar-refractivity contribution in [2.24, 2.45) is 0 Å². The first-order valence-corrected chi connectivity index (χ1v) is 10.7. The second kappa shape index (κ2) is 9.45. The van der Waals surface area contributed by atoms with Crippen LogP contribution in [0.25, 0.3) is 0 Å². The van der Waals surface area contributed by atoms with Crippen LogP contribution in [-0.4, -0.2) is 38.8 Å². The van der Waals surface area contributed by atoms with E-state index in [1.54, 1.807) is 23.1 Å². The van der Waals surface area contributed by atoms with Crippen LogP contribution in [0.15, 0.2) is 48.5 Å². The summed E-state index contributed by atoms with van der Waals surface area (Å²) in [5.74, 6) is 0.398. The Morgan fingerprint density at radius 3 is 2.32 bits per heavy atom. The Labute approximate surface area is 166 Å². The Morgan fingerprint density at radius 1 is 1.07 bits per heavy atom. The quantitative estimate of drug-likeness (QED) is 0.681. The van der Waals surface area contributed by atoms with Gasteiger partial charge in [-0.25, -0.2) is 4.79 Å². The number of nitrogens with zero attached hydrogens (tertiary/aromatic N) is 1. The molecular weight excluding hydrogens is 380 g/mol. The molecule has 0 unspecified atom stereocenters. The minimum absolute atomic E-state index is 0.0582. The highest BCUT2D eigenvalue weighted by Crippen LogP contribution is 2.29. The summed E-state index contributed by atoms with van der Waals surface area (Å²) >= 11 is 0. The lowest BCUT2D eigenvalue weighted by Crippen LogP contribution is -2.43. The number of rotatable bonds is 8. The predicted octanol–water partition coefficient (Wildman–Crippen LogP) is 3.15. The normalized spacial score (nSPS) is 11.2. The highest BCUT2D eigenvalue weighted by molar-refractivity contribution is 7.86. The molecule has 8 heteroatoms. The van der Waals surface area contributed by atoms with E-state index < -0.39 is 10.1 Å². The summed E-state index contributed by atoms with van der Waals surface area (Å²) in [5, 5.41) is 2.91. The fourth-order valence-electron chi connectivity index (χ4n) is 2.61. The van der Waals surface area contributed by atoms with E-state index in [4.69, 9.17) is 8.92 Å². The molecule has 0 atom stereocenters. The molecule has 152 valence electrons. The van der Waals surface area contributed by atoms with Crippen molar-refractivity contribution >= 4 is 16.1 Å². The van der Waals surface area contributed by atoms with Crippen LogP contribution in [0.4, 0.5) is 4.79 Å². The number of hydrogen-bond donors (Lipinski definition) is 1. The number of hydrogen-bond acceptors (Lipinski definition) is 5. The van der Waals surface area contributed by atoms with Crippen molar-refractivity contribution in [3.63, 3.8) is 0 Å². The van der Waals surface area contributed by atoms with Gasteiger partial charge >= 0.3 is 16.1 Å². The molecule has 2 aromatic carbocycles. The van der Waals surface area contributed by atoms with Gasteiger partial charge in [-0.1, -0.05) is 36.4 Å². The van der Waals surface area contributed by atoms with Gasteiger partial charge in [0, 0.05) is 19.1 Å². The summed E-state index contributed by atoms with van der Waals surface area (Å²) < 4.78 is 33.1. The molecule has 1 N–H and O–H groups in total. The van der Waals surface area contributed by atoms with E-state index in [0.29, 0.717) is 18.8 Å². The van der Waals surface area contributed by atoms with E-state index in [1.165, 1.54) is 7.11 Å². The van der Waals surface area contributed by atoms with Gasteiger partial charge in [0.25, 0.3) is 0 Å². The lowest BCUT2D eigenvalue weighted by Gasteiger charge is -2.27. The molecule has 0 aliphatic carbocycles. The molecule has 2 aromatic rings. The first-order valence-electron chi connectivity index (χ1n) is 8.84. The van der Waals surface area contributed by atoms with Gasteiger partial charge in [-0.05, 0) is 37.1 Å². The maximum atomic E-state index is 12.7. The van der Waals surface area contributed by atoms with Crippen LogP contribution in [0.5, 0.6) is 11.5 Å². The summed E-state index contributed by atoms with van der Waals surface area (Å²) in [6.07, 6.45) is 0.969. The van der Waals surface area contributed by atoms with Crippen molar-refractivity contribution in [2.45, 2.75) is 33.0 Å². The van der Waals surface area contributed by atoms with Crippen LogP contribution in [0.1, 0.15) is 25.0 Å². The van der Waals surface area contributed by atoms with E-state index in [1.807, 2.05) is 44.2 Å². The van der Waals surface area contributed by atoms with Crippen molar-refractivity contribution in [3.05, 3.63) is 59.7 Å². The van der Waals surface area contributed by atoms with Gasteiger partial charge < -0.3 is 19.1 Å². The molecule has 0 aromatic heterocycles. The van der Waals surface area contributed by atoms with Crippen LogP contribution in [-0.2, 0) is 23.2 Å². The zero-order valence-electron chi connectivity index (χ0n) is 16.5. The Bertz CT molecular complexity index is 898. The number of urea groups is 1. The lowest BCUT2D eigenvalue weighted by atomic mass is 10.1. The van der Waals surface area contributed by atoms with Crippen molar-refractivity contribution in [3.8, 4) is 11.5 Å². The first kappa shape index (κ1) is 21.6. The molecule has 2 rings (SSSR count). The van der Waals surface area contributed by atoms with E-state index in [9.17, 15) is 13.2 Å².